The topological polar surface area (TPSA) is 3.24 Å². The third-order valence-electron chi connectivity index (χ3n) is 10.6. The summed E-state index contributed by atoms with van der Waals surface area (Å²) < 4.78 is 1.08. The van der Waals surface area contributed by atoms with Gasteiger partial charge in [0.2, 0.25) is 0 Å². The second-order valence-electron chi connectivity index (χ2n) is 13.4. The molecule has 1 aliphatic rings. The van der Waals surface area contributed by atoms with Crippen molar-refractivity contribution >= 4 is 27.3 Å². The number of para-hydroxylation sites is 1. The lowest BCUT2D eigenvalue weighted by atomic mass is 9.67. The average Bonchev–Trinajstić information content (AvgIpc) is 3.53. The number of rotatable bonds is 7. The summed E-state index contributed by atoms with van der Waals surface area (Å²) >= 11 is 3.66. The number of halogens is 1. The Morgan fingerprint density at radius 3 is 1.52 bits per heavy atom. The van der Waals surface area contributed by atoms with Crippen LogP contribution in [0.2, 0.25) is 0 Å². The number of hydrogen-bond acceptors (Lipinski definition) is 1. The van der Waals surface area contributed by atoms with Gasteiger partial charge in [-0.05, 0) is 79.9 Å². The Hall–Kier alpha value is -5.96. The zero-order valence-corrected chi connectivity index (χ0v) is 30.5. The van der Waals surface area contributed by atoms with Gasteiger partial charge in [-0.15, -0.1) is 0 Å². The van der Waals surface area contributed by atoms with E-state index in [4.69, 9.17) is 0 Å². The van der Waals surface area contributed by atoms with Crippen molar-refractivity contribution in [2.75, 3.05) is 11.9 Å². The molecule has 0 saturated heterocycles. The second kappa shape index (κ2) is 13.3. The average molecular weight is 731 g/mol. The van der Waals surface area contributed by atoms with Crippen molar-refractivity contribution in [3.63, 3.8) is 0 Å². The van der Waals surface area contributed by atoms with Gasteiger partial charge in [-0.3, -0.25) is 0 Å². The molecule has 8 aromatic rings. The molecule has 0 atom stereocenters. The molecule has 52 heavy (non-hydrogen) atoms. The third kappa shape index (κ3) is 5.22. The van der Waals surface area contributed by atoms with Crippen molar-refractivity contribution in [1.82, 2.24) is 0 Å². The monoisotopic (exact) mass is 729 g/mol. The van der Waals surface area contributed by atoms with Crippen LogP contribution in [0.5, 0.6) is 0 Å². The van der Waals surface area contributed by atoms with Crippen LogP contribution < -0.4 is 4.90 Å². The quantitative estimate of drug-likeness (QED) is 0.158. The fourth-order valence-electron chi connectivity index (χ4n) is 8.37. The molecular weight excluding hydrogens is 694 g/mol. The Kier molecular flexibility index (Phi) is 8.18. The predicted octanol–water partition coefficient (Wildman–Crippen LogP) is 13.6. The van der Waals surface area contributed by atoms with Gasteiger partial charge in [0.1, 0.15) is 0 Å². The highest BCUT2D eigenvalue weighted by molar-refractivity contribution is 9.10. The van der Waals surface area contributed by atoms with Gasteiger partial charge in [-0.25, -0.2) is 0 Å². The van der Waals surface area contributed by atoms with Crippen LogP contribution in [0.4, 0.5) is 11.4 Å². The molecule has 248 valence electrons. The molecule has 1 nitrogen and oxygen atoms in total. The minimum absolute atomic E-state index is 0.488. The summed E-state index contributed by atoms with van der Waals surface area (Å²) in [6.07, 6.45) is 0. The van der Waals surface area contributed by atoms with Gasteiger partial charge >= 0.3 is 0 Å². The lowest BCUT2D eigenvalue weighted by molar-refractivity contribution is 0.767. The number of benzene rings is 8. The minimum Gasteiger partial charge on any atom is -0.344 e. The molecule has 2 heteroatoms. The smallest absolute Gasteiger partial charge is 0.0734 e. The zero-order chi connectivity index (χ0) is 35.1. The molecule has 0 amide bonds. The first kappa shape index (κ1) is 32.0. The fourth-order valence-corrected chi connectivity index (χ4v) is 8.77. The van der Waals surface area contributed by atoms with E-state index in [9.17, 15) is 0 Å². The molecule has 0 aliphatic heterocycles. The van der Waals surface area contributed by atoms with Crippen LogP contribution in [0, 0.1) is 0 Å². The highest BCUT2D eigenvalue weighted by Gasteiger charge is 2.48. The minimum atomic E-state index is -0.488. The van der Waals surface area contributed by atoms with Crippen LogP contribution in [0.1, 0.15) is 22.3 Å². The van der Waals surface area contributed by atoms with Crippen molar-refractivity contribution in [3.8, 4) is 44.5 Å². The Morgan fingerprint density at radius 1 is 0.385 bits per heavy atom. The second-order valence-corrected chi connectivity index (χ2v) is 14.4. The highest BCUT2D eigenvalue weighted by atomic mass is 79.9. The Bertz CT molecular complexity index is 2500. The maximum Gasteiger partial charge on any atom is 0.0734 e. The van der Waals surface area contributed by atoms with E-state index in [1.807, 2.05) is 0 Å². The molecule has 1 aliphatic carbocycles. The lowest BCUT2D eigenvalue weighted by Crippen LogP contribution is -2.30. The molecule has 9 rings (SSSR count). The first-order valence-electron chi connectivity index (χ1n) is 17.8. The van der Waals surface area contributed by atoms with Crippen LogP contribution in [0.15, 0.2) is 205 Å². The van der Waals surface area contributed by atoms with E-state index in [0.717, 1.165) is 10.2 Å². The van der Waals surface area contributed by atoms with Crippen molar-refractivity contribution in [1.29, 1.82) is 0 Å². The van der Waals surface area contributed by atoms with Crippen LogP contribution >= 0.6 is 15.9 Å². The van der Waals surface area contributed by atoms with E-state index in [1.54, 1.807) is 0 Å². The summed E-state index contributed by atoms with van der Waals surface area (Å²) in [7, 11) is 2.22. The van der Waals surface area contributed by atoms with Crippen LogP contribution in [0.25, 0.3) is 44.5 Å². The lowest BCUT2D eigenvalue weighted by Gasteiger charge is -2.37. The molecule has 0 aromatic heterocycles. The summed E-state index contributed by atoms with van der Waals surface area (Å²) in [5.41, 5.74) is 16.8. The van der Waals surface area contributed by atoms with Gasteiger partial charge in [-0.1, -0.05) is 192 Å². The Balaban J connectivity index is 1.18. The normalized spacial score (nSPS) is 12.6. The molecule has 0 heterocycles. The summed E-state index contributed by atoms with van der Waals surface area (Å²) in [5.74, 6) is 0. The molecule has 0 spiro atoms. The first-order chi connectivity index (χ1) is 25.6. The van der Waals surface area contributed by atoms with Crippen LogP contribution in [-0.2, 0) is 5.41 Å². The van der Waals surface area contributed by atoms with E-state index in [1.165, 1.54) is 72.4 Å². The van der Waals surface area contributed by atoms with Gasteiger partial charge in [0.25, 0.3) is 0 Å². The summed E-state index contributed by atoms with van der Waals surface area (Å²) in [5, 5.41) is 0. The van der Waals surface area contributed by atoms with E-state index < -0.39 is 5.41 Å². The van der Waals surface area contributed by atoms with Gasteiger partial charge in [0.15, 0.2) is 0 Å². The molecular formula is C50H36BrN. The van der Waals surface area contributed by atoms with E-state index in [2.05, 4.69) is 228 Å². The highest BCUT2D eigenvalue weighted by Crippen LogP contribution is 2.59. The van der Waals surface area contributed by atoms with E-state index in [0.29, 0.717) is 0 Å². The Morgan fingerprint density at radius 2 is 0.865 bits per heavy atom. The van der Waals surface area contributed by atoms with Gasteiger partial charge < -0.3 is 4.90 Å². The number of nitrogens with zero attached hydrogens (tertiary/aromatic N) is 1. The summed E-state index contributed by atoms with van der Waals surface area (Å²) in [6.45, 7) is 0. The molecule has 0 unspecified atom stereocenters. The van der Waals surface area contributed by atoms with Gasteiger partial charge in [0, 0.05) is 34.0 Å². The summed E-state index contributed by atoms with van der Waals surface area (Å²) in [4.78, 5) is 2.40. The molecule has 0 saturated carbocycles. The maximum atomic E-state index is 3.66. The predicted molar refractivity (Wildman–Crippen MR) is 222 cm³/mol. The van der Waals surface area contributed by atoms with Crippen molar-refractivity contribution < 1.29 is 0 Å². The van der Waals surface area contributed by atoms with E-state index in [-0.39, 0.29) is 0 Å². The third-order valence-corrected chi connectivity index (χ3v) is 11.1. The van der Waals surface area contributed by atoms with Crippen molar-refractivity contribution in [3.05, 3.63) is 227 Å². The van der Waals surface area contributed by atoms with Crippen molar-refractivity contribution in [2.24, 2.45) is 0 Å². The first-order valence-corrected chi connectivity index (χ1v) is 18.6. The molecule has 0 N–H and O–H groups in total. The molecule has 0 radical (unpaired) electrons. The number of fused-ring (bicyclic) bond motifs is 3. The fraction of sp³-hybridized carbons (Fsp3) is 0.0400. The standard InChI is InChI=1S/C50H36BrN/c1-52(47-28-13-11-24-43(47)36-32-30-35(31-33-36)41-22-8-9-23-42(41)37-16-14-21-40(51)34-37)48-29-15-26-45-44-25-10-12-27-46(44)50(49(45)48,38-17-4-2-5-18-38)39-19-6-3-7-20-39/h2-34H,1H3. The Labute approximate surface area is 314 Å². The van der Waals surface area contributed by atoms with Crippen LogP contribution in [-0.4, -0.2) is 7.05 Å². The summed E-state index contributed by atoms with van der Waals surface area (Å²) in [6, 6.07) is 72.9. The molecule has 0 bridgehead atoms. The van der Waals surface area contributed by atoms with Crippen molar-refractivity contribution in [2.45, 2.75) is 5.41 Å². The molecule has 0 fully saturated rings. The maximum absolute atomic E-state index is 3.66. The van der Waals surface area contributed by atoms with E-state index >= 15 is 0 Å². The number of anilines is 2. The number of hydrogen-bond donors (Lipinski definition) is 0. The van der Waals surface area contributed by atoms with Gasteiger partial charge in [-0.2, -0.15) is 0 Å². The zero-order valence-electron chi connectivity index (χ0n) is 28.9. The van der Waals surface area contributed by atoms with Gasteiger partial charge in [0.05, 0.1) is 5.41 Å². The van der Waals surface area contributed by atoms with Crippen LogP contribution in [0.3, 0.4) is 0 Å². The molecule has 8 aromatic carbocycles. The SMILES string of the molecule is CN(c1ccccc1-c1ccc(-c2ccccc2-c2cccc(Br)c2)cc1)c1cccc2c1C(c1ccccc1)(c1ccccc1)c1ccccc1-2. The largest absolute Gasteiger partial charge is 0.344 e.